The Hall–Kier alpha value is -2.10. The van der Waals surface area contributed by atoms with Crippen LogP contribution in [0.25, 0.3) is 10.9 Å². The average molecular weight is 298 g/mol. The predicted octanol–water partition coefficient (Wildman–Crippen LogP) is 3.55. The van der Waals surface area contributed by atoms with Crippen LogP contribution in [0.15, 0.2) is 30.5 Å². The molecule has 4 heteroatoms. The lowest BCUT2D eigenvalue weighted by Crippen LogP contribution is -2.37. The Morgan fingerprint density at radius 3 is 2.77 bits per heavy atom. The van der Waals surface area contributed by atoms with E-state index in [9.17, 15) is 4.79 Å². The smallest absolute Gasteiger partial charge is 0.253 e. The number of hydrogen-bond acceptors (Lipinski definition) is 3. The van der Waals surface area contributed by atoms with E-state index in [1.807, 2.05) is 24.3 Å². The third-order valence-corrected chi connectivity index (χ3v) is 4.51. The van der Waals surface area contributed by atoms with Crippen molar-refractivity contribution in [3.8, 4) is 5.75 Å². The van der Waals surface area contributed by atoms with Gasteiger partial charge in [-0.25, -0.2) is 0 Å². The first-order chi connectivity index (χ1) is 10.7. The van der Waals surface area contributed by atoms with Gasteiger partial charge in [0.25, 0.3) is 5.91 Å². The van der Waals surface area contributed by atoms with E-state index in [-0.39, 0.29) is 5.91 Å². The summed E-state index contributed by atoms with van der Waals surface area (Å²) in [6.45, 7) is 2.28. The van der Waals surface area contributed by atoms with E-state index >= 15 is 0 Å². The highest BCUT2D eigenvalue weighted by Gasteiger charge is 2.20. The van der Waals surface area contributed by atoms with Crippen LogP contribution in [0.4, 0.5) is 0 Å². The summed E-state index contributed by atoms with van der Waals surface area (Å²) in [7, 11) is 1.63. The van der Waals surface area contributed by atoms with Crippen LogP contribution in [-0.4, -0.2) is 24.0 Å². The highest BCUT2D eigenvalue weighted by atomic mass is 16.5. The lowest BCUT2D eigenvalue weighted by molar-refractivity contribution is 0.0923. The zero-order valence-electron chi connectivity index (χ0n) is 13.1. The molecule has 1 aliphatic carbocycles. The molecule has 3 rings (SSSR count). The summed E-state index contributed by atoms with van der Waals surface area (Å²) in [6, 6.07) is 7.91. The summed E-state index contributed by atoms with van der Waals surface area (Å²) in [4.78, 5) is 16.8. The molecule has 0 atom stereocenters. The van der Waals surface area contributed by atoms with E-state index in [2.05, 4.69) is 17.2 Å². The largest absolute Gasteiger partial charge is 0.494 e. The lowest BCUT2D eigenvalue weighted by Gasteiger charge is -2.26. The number of carbonyl (C=O) groups is 1. The van der Waals surface area contributed by atoms with Gasteiger partial charge in [-0.15, -0.1) is 0 Å². The number of nitrogens with one attached hydrogen (secondary N) is 1. The molecule has 1 fully saturated rings. The second kappa shape index (κ2) is 6.34. The van der Waals surface area contributed by atoms with Crippen LogP contribution >= 0.6 is 0 Å². The molecule has 0 spiro atoms. The van der Waals surface area contributed by atoms with E-state index in [0.717, 1.165) is 35.4 Å². The van der Waals surface area contributed by atoms with E-state index in [1.54, 1.807) is 13.3 Å². The first kappa shape index (κ1) is 14.8. The number of hydrogen-bond donors (Lipinski definition) is 1. The SMILES string of the molecule is COc1cccc2cc(C(=O)N[C@H]3CC[C@H](C)CC3)cnc12. The Morgan fingerprint density at radius 2 is 2.05 bits per heavy atom. The summed E-state index contributed by atoms with van der Waals surface area (Å²) >= 11 is 0. The first-order valence-corrected chi connectivity index (χ1v) is 7.91. The van der Waals surface area contributed by atoms with Crippen LogP contribution in [0.3, 0.4) is 0 Å². The third-order valence-electron chi connectivity index (χ3n) is 4.51. The molecule has 116 valence electrons. The molecule has 22 heavy (non-hydrogen) atoms. The number of carbonyl (C=O) groups excluding carboxylic acids is 1. The van der Waals surface area contributed by atoms with E-state index in [4.69, 9.17) is 4.74 Å². The molecule has 1 saturated carbocycles. The fourth-order valence-corrected chi connectivity index (χ4v) is 3.09. The number of aromatic nitrogens is 1. The van der Waals surface area contributed by atoms with Crippen LogP contribution < -0.4 is 10.1 Å². The summed E-state index contributed by atoms with van der Waals surface area (Å²) in [5.74, 6) is 1.48. The van der Waals surface area contributed by atoms with Crippen molar-refractivity contribution in [2.45, 2.75) is 38.6 Å². The molecule has 0 bridgehead atoms. The molecular weight excluding hydrogens is 276 g/mol. The maximum Gasteiger partial charge on any atom is 0.253 e. The van der Waals surface area contributed by atoms with Crippen molar-refractivity contribution in [1.29, 1.82) is 0 Å². The minimum absolute atomic E-state index is 0.0308. The van der Waals surface area contributed by atoms with Crippen molar-refractivity contribution in [3.05, 3.63) is 36.0 Å². The van der Waals surface area contributed by atoms with Crippen molar-refractivity contribution in [2.75, 3.05) is 7.11 Å². The van der Waals surface area contributed by atoms with Gasteiger partial charge in [-0.1, -0.05) is 19.1 Å². The minimum atomic E-state index is -0.0308. The molecular formula is C18H22N2O2. The molecule has 1 amide bonds. The Morgan fingerprint density at radius 1 is 1.27 bits per heavy atom. The van der Waals surface area contributed by atoms with Crippen molar-refractivity contribution >= 4 is 16.8 Å². The highest BCUT2D eigenvalue weighted by Crippen LogP contribution is 2.25. The molecule has 1 aromatic carbocycles. The first-order valence-electron chi connectivity index (χ1n) is 7.91. The maximum absolute atomic E-state index is 12.4. The molecule has 1 aromatic heterocycles. The number of benzene rings is 1. The Balaban J connectivity index is 1.77. The second-order valence-electron chi connectivity index (χ2n) is 6.19. The number of ether oxygens (including phenoxy) is 1. The van der Waals surface area contributed by atoms with Crippen LogP contribution in [0.1, 0.15) is 43.0 Å². The molecule has 0 radical (unpaired) electrons. The van der Waals surface area contributed by atoms with Gasteiger partial charge < -0.3 is 10.1 Å². The summed E-state index contributed by atoms with van der Waals surface area (Å²) in [5, 5.41) is 4.06. The minimum Gasteiger partial charge on any atom is -0.494 e. The van der Waals surface area contributed by atoms with Crippen molar-refractivity contribution in [3.63, 3.8) is 0 Å². The number of pyridine rings is 1. The lowest BCUT2D eigenvalue weighted by atomic mass is 9.87. The number of para-hydroxylation sites is 1. The van der Waals surface area contributed by atoms with E-state index in [0.29, 0.717) is 11.6 Å². The van der Waals surface area contributed by atoms with Gasteiger partial charge in [-0.3, -0.25) is 9.78 Å². The van der Waals surface area contributed by atoms with E-state index < -0.39 is 0 Å². The third kappa shape index (κ3) is 3.06. The van der Waals surface area contributed by atoms with Gasteiger partial charge >= 0.3 is 0 Å². The summed E-state index contributed by atoms with van der Waals surface area (Å²) < 4.78 is 5.30. The number of methoxy groups -OCH3 is 1. The van der Waals surface area contributed by atoms with Gasteiger partial charge in [0.1, 0.15) is 11.3 Å². The number of nitrogens with zero attached hydrogens (tertiary/aromatic N) is 1. The molecule has 2 aromatic rings. The standard InChI is InChI=1S/C18H22N2O2/c1-12-6-8-15(9-7-12)20-18(21)14-10-13-4-3-5-16(22-2)17(13)19-11-14/h3-5,10-12,15H,6-9H2,1-2H3,(H,20,21)/t12-,15-. The quantitative estimate of drug-likeness (QED) is 0.942. The fourth-order valence-electron chi connectivity index (χ4n) is 3.09. The highest BCUT2D eigenvalue weighted by molar-refractivity contribution is 5.98. The predicted molar refractivity (Wildman–Crippen MR) is 87.2 cm³/mol. The average Bonchev–Trinajstić information content (AvgIpc) is 2.55. The molecule has 1 heterocycles. The number of fused-ring (bicyclic) bond motifs is 1. The van der Waals surface area contributed by atoms with Crippen LogP contribution in [-0.2, 0) is 0 Å². The van der Waals surface area contributed by atoms with Crippen molar-refractivity contribution in [1.82, 2.24) is 10.3 Å². The van der Waals surface area contributed by atoms with Crippen LogP contribution in [0.5, 0.6) is 5.75 Å². The maximum atomic E-state index is 12.4. The molecule has 0 saturated heterocycles. The van der Waals surface area contributed by atoms with Crippen LogP contribution in [0.2, 0.25) is 0 Å². The number of amides is 1. The topological polar surface area (TPSA) is 51.2 Å². The molecule has 1 aliphatic rings. The van der Waals surface area contributed by atoms with E-state index in [1.165, 1.54) is 12.8 Å². The van der Waals surface area contributed by atoms with Gasteiger partial charge in [-0.2, -0.15) is 0 Å². The Kier molecular flexibility index (Phi) is 4.27. The Labute approximate surface area is 130 Å². The van der Waals surface area contributed by atoms with Gasteiger partial charge in [0.2, 0.25) is 0 Å². The second-order valence-corrected chi connectivity index (χ2v) is 6.19. The molecule has 4 nitrogen and oxygen atoms in total. The number of rotatable bonds is 3. The normalized spacial score (nSPS) is 21.5. The van der Waals surface area contributed by atoms with Gasteiger partial charge in [0, 0.05) is 17.6 Å². The summed E-state index contributed by atoms with van der Waals surface area (Å²) in [6.07, 6.45) is 6.16. The molecule has 0 aliphatic heterocycles. The molecule has 1 N–H and O–H groups in total. The zero-order chi connectivity index (χ0) is 15.5. The Bertz CT molecular complexity index is 676. The zero-order valence-corrected chi connectivity index (χ0v) is 13.1. The van der Waals surface area contributed by atoms with Gasteiger partial charge in [0.05, 0.1) is 12.7 Å². The van der Waals surface area contributed by atoms with Crippen molar-refractivity contribution in [2.24, 2.45) is 5.92 Å². The van der Waals surface area contributed by atoms with Crippen molar-refractivity contribution < 1.29 is 9.53 Å². The monoisotopic (exact) mass is 298 g/mol. The van der Waals surface area contributed by atoms with Crippen LogP contribution in [0, 0.1) is 5.92 Å². The molecule has 0 unspecified atom stereocenters. The van der Waals surface area contributed by atoms with Gasteiger partial charge in [0.15, 0.2) is 0 Å². The fraction of sp³-hybridized carbons (Fsp3) is 0.444. The summed E-state index contributed by atoms with van der Waals surface area (Å²) in [5.41, 5.74) is 1.40. The van der Waals surface area contributed by atoms with Gasteiger partial charge in [-0.05, 0) is 43.7 Å².